The first-order chi connectivity index (χ1) is 8.81. The molecule has 3 N–H and O–H groups in total. The van der Waals surface area contributed by atoms with Crippen molar-refractivity contribution in [2.24, 2.45) is 0 Å². The number of benzene rings is 1. The predicted molar refractivity (Wildman–Crippen MR) is 66.0 cm³/mol. The number of hydrogen-bond donors (Lipinski definition) is 2. The molecule has 0 aliphatic rings. The van der Waals surface area contributed by atoms with Gasteiger partial charge in [-0.3, -0.25) is 0 Å². The second kappa shape index (κ2) is 7.06. The van der Waals surface area contributed by atoms with E-state index in [1.54, 1.807) is 23.1 Å². The zero-order chi connectivity index (χ0) is 14.5. The van der Waals surface area contributed by atoms with Crippen LogP contribution in [-0.4, -0.2) is 15.9 Å². The summed E-state index contributed by atoms with van der Waals surface area (Å²) in [5.41, 5.74) is 6.98. The van der Waals surface area contributed by atoms with E-state index in [0.717, 1.165) is 14.8 Å². The van der Waals surface area contributed by atoms with E-state index in [0.29, 0.717) is 5.82 Å². The molecule has 0 unspecified atom stereocenters. The van der Waals surface area contributed by atoms with Gasteiger partial charge in [-0.15, -0.1) is 11.3 Å². The number of nitrogens with zero attached hydrogens (tertiary/aromatic N) is 1. The first-order valence-corrected chi connectivity index (χ1v) is 8.10. The van der Waals surface area contributed by atoms with E-state index < -0.39 is 10.2 Å². The summed E-state index contributed by atoms with van der Waals surface area (Å²) in [5, 5.41) is 0. The summed E-state index contributed by atoms with van der Waals surface area (Å²) >= 11 is 3.27. The Labute approximate surface area is 120 Å². The second-order valence-electron chi connectivity index (χ2n) is 3.16. The first kappa shape index (κ1) is 16.2. The average molecular weight is 323 g/mol. The zero-order valence-electron chi connectivity index (χ0n) is 9.78. The maximum absolute atomic E-state index is 8.60. The number of nitrogens with two attached hydrogens (primary N) is 1. The quantitative estimate of drug-likeness (QED) is 0.678. The van der Waals surface area contributed by atoms with E-state index in [-0.39, 0.29) is 0 Å². The lowest BCUT2D eigenvalue weighted by Crippen LogP contribution is -2.58. The molecule has 1 aromatic heterocycles. The largest absolute Gasteiger partial charge is 0.382 e. The van der Waals surface area contributed by atoms with Gasteiger partial charge in [0.2, 0.25) is 0 Å². The molecule has 2 rings (SSSR count). The highest BCUT2D eigenvalue weighted by atomic mass is 35.7. The van der Waals surface area contributed by atoms with Gasteiger partial charge in [0, 0.05) is 0 Å². The second-order valence-corrected chi connectivity index (χ2v) is 6.00. The van der Waals surface area contributed by atoms with Crippen molar-refractivity contribution in [1.29, 1.82) is 0 Å². The number of aromatic nitrogens is 1. The third-order valence-corrected chi connectivity index (χ3v) is 3.95. The Morgan fingerprint density at radius 1 is 1.26 bits per heavy atom. The lowest BCUT2D eigenvalue weighted by molar-refractivity contribution is -1.92. The van der Waals surface area contributed by atoms with Gasteiger partial charge in [-0.2, -0.15) is 14.0 Å². The van der Waals surface area contributed by atoms with Crippen molar-refractivity contribution in [2.75, 3.05) is 12.0 Å². The molecule has 0 amide bonds. The fraction of sp³-hybridized carbons (Fsp3) is 0.100. The average Bonchev–Trinajstić information content (AvgIpc) is 2.70. The third-order valence-electron chi connectivity index (χ3n) is 1.84. The minimum absolute atomic E-state index is 0.630. The summed E-state index contributed by atoms with van der Waals surface area (Å²) in [5.74, 6) is 0.630. The molecule has 9 heteroatoms. The van der Waals surface area contributed by atoms with Gasteiger partial charge < -0.3 is 5.73 Å². The summed E-state index contributed by atoms with van der Waals surface area (Å²) in [6, 6.07) is 10.1. The number of halogens is 1. The highest BCUT2D eigenvalue weighted by Crippen LogP contribution is 2.35. The van der Waals surface area contributed by atoms with Gasteiger partial charge in [-0.1, -0.05) is 42.1 Å². The van der Waals surface area contributed by atoms with Crippen LogP contribution in [0.4, 0.5) is 5.82 Å². The number of thioether (sulfide) groups is 1. The van der Waals surface area contributed by atoms with Crippen molar-refractivity contribution < 1.29 is 28.9 Å². The van der Waals surface area contributed by atoms with E-state index >= 15 is 0 Å². The summed E-state index contributed by atoms with van der Waals surface area (Å²) in [6.07, 6.45) is 2.01. The molecule has 0 radical (unpaired) electrons. The highest BCUT2D eigenvalue weighted by Gasteiger charge is 2.08. The van der Waals surface area contributed by atoms with Crippen LogP contribution in [0.25, 0.3) is 10.4 Å². The monoisotopic (exact) mass is 322 g/mol. The number of rotatable bonds is 2. The fourth-order valence-electron chi connectivity index (χ4n) is 1.20. The molecule has 0 saturated carbocycles. The number of nitrogen functional groups attached to an aromatic ring is 1. The van der Waals surface area contributed by atoms with Gasteiger partial charge in [0.25, 0.3) is 0 Å². The van der Waals surface area contributed by atoms with Gasteiger partial charge in [0.05, 0.1) is 19.8 Å². The molecular weight excluding hydrogens is 312 g/mol. The Kier molecular flexibility index (Phi) is 6.01. The minimum atomic E-state index is -4.69. The van der Waals surface area contributed by atoms with Crippen molar-refractivity contribution in [3.8, 4) is 10.4 Å². The van der Waals surface area contributed by atoms with Crippen LogP contribution in [0.3, 0.4) is 0 Å². The molecule has 0 fully saturated rings. The molecule has 19 heavy (non-hydrogen) atoms. The Hall–Kier alpha value is -0.870. The Balaban J connectivity index is 0.000000312. The molecule has 6 nitrogen and oxygen atoms in total. The first-order valence-electron chi connectivity index (χ1n) is 4.80. The number of thiazole rings is 1. The van der Waals surface area contributed by atoms with Crippen molar-refractivity contribution >= 4 is 28.9 Å². The third kappa shape index (κ3) is 6.21. The maximum Gasteiger partial charge on any atom is 0.152 e. The van der Waals surface area contributed by atoms with E-state index in [9.17, 15) is 0 Å². The molecule has 0 aliphatic carbocycles. The van der Waals surface area contributed by atoms with Crippen LogP contribution in [-0.2, 0) is 0 Å². The smallest absolute Gasteiger partial charge is 0.152 e. The van der Waals surface area contributed by atoms with Gasteiger partial charge >= 0.3 is 0 Å². The van der Waals surface area contributed by atoms with Crippen LogP contribution in [0, 0.1) is 10.2 Å². The predicted octanol–water partition coefficient (Wildman–Crippen LogP) is -1.01. The van der Waals surface area contributed by atoms with E-state index in [1.807, 2.05) is 36.6 Å². The Morgan fingerprint density at radius 3 is 2.21 bits per heavy atom. The van der Waals surface area contributed by atoms with Crippen LogP contribution in [0.2, 0.25) is 0 Å². The summed E-state index contributed by atoms with van der Waals surface area (Å²) in [7, 11) is -4.69. The molecule has 1 aromatic carbocycles. The molecule has 0 aliphatic heterocycles. The van der Waals surface area contributed by atoms with Gasteiger partial charge in [-0.05, 0) is 11.8 Å². The van der Waals surface area contributed by atoms with E-state index in [4.69, 9.17) is 24.4 Å². The van der Waals surface area contributed by atoms with Crippen LogP contribution in [0.15, 0.2) is 34.7 Å². The van der Waals surface area contributed by atoms with Crippen molar-refractivity contribution in [2.45, 2.75) is 4.34 Å². The van der Waals surface area contributed by atoms with Gasteiger partial charge in [-0.25, -0.2) is 4.98 Å². The van der Waals surface area contributed by atoms with Crippen LogP contribution in [0.1, 0.15) is 0 Å². The zero-order valence-corrected chi connectivity index (χ0v) is 12.2. The van der Waals surface area contributed by atoms with Gasteiger partial charge in [0.1, 0.15) is 5.82 Å². The number of hydrogen-bond acceptors (Lipinski definition) is 8. The SMILES string of the molecule is CSc1nc(N)c(-c2ccccc2)s1.[O-][Cl+3]([O-])([O-])O. The molecule has 2 aromatic rings. The van der Waals surface area contributed by atoms with Crippen molar-refractivity contribution in [3.63, 3.8) is 0 Å². The lowest BCUT2D eigenvalue weighted by Gasteiger charge is -2.03. The van der Waals surface area contributed by atoms with Crippen molar-refractivity contribution in [3.05, 3.63) is 30.3 Å². The highest BCUT2D eigenvalue weighted by molar-refractivity contribution is 8.00. The molecule has 0 spiro atoms. The summed E-state index contributed by atoms with van der Waals surface area (Å²) < 4.78 is 33.7. The van der Waals surface area contributed by atoms with Crippen LogP contribution < -0.4 is 19.7 Å². The Morgan fingerprint density at radius 2 is 1.79 bits per heavy atom. The lowest BCUT2D eigenvalue weighted by atomic mass is 10.2. The number of anilines is 1. The molecule has 1 heterocycles. The molecule has 0 saturated heterocycles. The fourth-order valence-corrected chi connectivity index (χ4v) is 2.69. The van der Waals surface area contributed by atoms with Crippen LogP contribution >= 0.6 is 23.1 Å². The van der Waals surface area contributed by atoms with Crippen LogP contribution in [0.5, 0.6) is 0 Å². The summed E-state index contributed by atoms with van der Waals surface area (Å²) in [6.45, 7) is 0. The molecule has 0 bridgehead atoms. The minimum Gasteiger partial charge on any atom is -0.382 e. The molecule has 0 atom stereocenters. The topological polar surface area (TPSA) is 128 Å². The van der Waals surface area contributed by atoms with E-state index in [1.165, 1.54) is 0 Å². The standard InChI is InChI=1S/C10H10N2S2.ClHO4/c1-13-10-12-9(11)8(14-10)7-5-3-2-4-6-7;2-1(3,4)5/h2-6H,11H2,1H3;(H,2,3,4,5). The molecular formula is C10H11ClN2O4S2. The van der Waals surface area contributed by atoms with E-state index in [2.05, 4.69) is 4.98 Å². The van der Waals surface area contributed by atoms with Crippen molar-refractivity contribution in [1.82, 2.24) is 4.98 Å². The maximum atomic E-state index is 8.60. The Bertz CT molecular complexity index is 510. The molecule has 104 valence electrons. The normalized spacial score (nSPS) is 10.8. The summed E-state index contributed by atoms with van der Waals surface area (Å²) in [4.78, 5) is 5.33. The van der Waals surface area contributed by atoms with Gasteiger partial charge in [0.15, 0.2) is 4.34 Å².